The predicted octanol–water partition coefficient (Wildman–Crippen LogP) is 2.62. The number of rotatable bonds is 8. The number of nitrogens with one attached hydrogen (secondary N) is 1. The van der Waals surface area contributed by atoms with Crippen LogP contribution in [0.25, 0.3) is 0 Å². The first kappa shape index (κ1) is 21.4. The van der Waals surface area contributed by atoms with Crippen molar-refractivity contribution in [2.24, 2.45) is 0 Å². The Kier molecular flexibility index (Phi) is 6.73. The highest BCUT2D eigenvalue weighted by atomic mass is 16.6. The molecule has 1 amide bonds. The van der Waals surface area contributed by atoms with Crippen molar-refractivity contribution in [1.82, 2.24) is 10.2 Å². The van der Waals surface area contributed by atoms with Crippen molar-refractivity contribution in [1.29, 1.82) is 0 Å². The van der Waals surface area contributed by atoms with Crippen LogP contribution in [-0.4, -0.2) is 56.2 Å². The molecule has 9 heteroatoms. The molecule has 1 aliphatic rings. The van der Waals surface area contributed by atoms with Gasteiger partial charge in [0, 0.05) is 31.7 Å². The number of amides is 1. The summed E-state index contributed by atoms with van der Waals surface area (Å²) in [6.07, 6.45) is 0.761. The SMILES string of the molecule is COc1cc(C(=O)N[C@@H]2CCN(Cc3ccccc3)C2)c([N+](=O)[O-])c(OC)c1OC. The Morgan fingerprint density at radius 1 is 1.17 bits per heavy atom. The summed E-state index contributed by atoms with van der Waals surface area (Å²) in [6.45, 7) is 2.29. The van der Waals surface area contributed by atoms with Gasteiger partial charge >= 0.3 is 5.69 Å². The second-order valence-electron chi connectivity index (χ2n) is 6.98. The largest absolute Gasteiger partial charge is 0.493 e. The second-order valence-corrected chi connectivity index (χ2v) is 6.98. The molecule has 0 spiro atoms. The van der Waals surface area contributed by atoms with E-state index in [0.29, 0.717) is 6.54 Å². The van der Waals surface area contributed by atoms with Gasteiger partial charge in [-0.2, -0.15) is 0 Å². The van der Waals surface area contributed by atoms with E-state index in [4.69, 9.17) is 14.2 Å². The third-order valence-corrected chi connectivity index (χ3v) is 5.09. The van der Waals surface area contributed by atoms with E-state index < -0.39 is 16.5 Å². The fourth-order valence-electron chi connectivity index (χ4n) is 3.69. The fraction of sp³-hybridized carbons (Fsp3) is 0.381. The molecule has 30 heavy (non-hydrogen) atoms. The maximum absolute atomic E-state index is 12.9. The van der Waals surface area contributed by atoms with Crippen molar-refractivity contribution in [2.75, 3.05) is 34.4 Å². The Labute approximate surface area is 174 Å². The zero-order valence-corrected chi connectivity index (χ0v) is 17.2. The lowest BCUT2D eigenvalue weighted by atomic mass is 10.1. The number of likely N-dealkylation sites (tertiary alicyclic amines) is 1. The van der Waals surface area contributed by atoms with E-state index in [1.54, 1.807) is 0 Å². The van der Waals surface area contributed by atoms with Gasteiger partial charge in [0.25, 0.3) is 5.91 Å². The van der Waals surface area contributed by atoms with E-state index in [0.717, 1.165) is 19.5 Å². The lowest BCUT2D eigenvalue weighted by Gasteiger charge is -2.18. The smallest absolute Gasteiger partial charge is 0.327 e. The number of methoxy groups -OCH3 is 3. The molecule has 1 saturated heterocycles. The molecule has 0 saturated carbocycles. The van der Waals surface area contributed by atoms with Gasteiger partial charge in [0.05, 0.1) is 26.3 Å². The standard InChI is InChI=1S/C21H25N3O6/c1-28-17-11-16(18(24(26)27)20(30-3)19(17)29-2)21(25)22-15-9-10-23(13-15)12-14-7-5-4-6-8-14/h4-8,11,15H,9-10,12-13H2,1-3H3,(H,22,25)/t15-/m1/s1. The van der Waals surface area contributed by atoms with Gasteiger partial charge in [0.2, 0.25) is 11.5 Å². The molecule has 0 bridgehead atoms. The second kappa shape index (κ2) is 9.45. The van der Waals surface area contributed by atoms with Crippen LogP contribution in [0.4, 0.5) is 5.69 Å². The van der Waals surface area contributed by atoms with Crippen LogP contribution in [0, 0.1) is 10.1 Å². The van der Waals surface area contributed by atoms with Crippen molar-refractivity contribution in [3.63, 3.8) is 0 Å². The van der Waals surface area contributed by atoms with Gasteiger partial charge < -0.3 is 19.5 Å². The number of carbonyl (C=O) groups is 1. The van der Waals surface area contributed by atoms with Crippen LogP contribution in [0.15, 0.2) is 36.4 Å². The molecule has 2 aromatic carbocycles. The molecule has 1 heterocycles. The van der Waals surface area contributed by atoms with Gasteiger partial charge in [-0.3, -0.25) is 19.8 Å². The van der Waals surface area contributed by atoms with Gasteiger partial charge in [-0.15, -0.1) is 0 Å². The molecule has 2 aromatic rings. The molecule has 1 N–H and O–H groups in total. The van der Waals surface area contributed by atoms with Gasteiger partial charge in [-0.1, -0.05) is 30.3 Å². The minimum Gasteiger partial charge on any atom is -0.493 e. The summed E-state index contributed by atoms with van der Waals surface area (Å²) >= 11 is 0. The summed E-state index contributed by atoms with van der Waals surface area (Å²) in [5.74, 6) is -0.447. The molecule has 1 fully saturated rings. The van der Waals surface area contributed by atoms with Crippen molar-refractivity contribution < 1.29 is 23.9 Å². The summed E-state index contributed by atoms with van der Waals surface area (Å²) in [5, 5.41) is 14.6. The molecule has 9 nitrogen and oxygen atoms in total. The molecule has 0 aromatic heterocycles. The summed E-state index contributed by atoms with van der Waals surface area (Å²) in [4.78, 5) is 26.2. The first-order valence-corrected chi connectivity index (χ1v) is 9.53. The van der Waals surface area contributed by atoms with E-state index in [9.17, 15) is 14.9 Å². The number of benzene rings is 2. The molecule has 0 radical (unpaired) electrons. The number of nitrogens with zero attached hydrogens (tertiary/aromatic N) is 2. The highest BCUT2D eigenvalue weighted by Crippen LogP contribution is 2.46. The van der Waals surface area contributed by atoms with E-state index in [2.05, 4.69) is 22.3 Å². The normalized spacial score (nSPS) is 16.2. The molecule has 3 rings (SSSR count). The summed E-state index contributed by atoms with van der Waals surface area (Å²) in [6, 6.07) is 11.3. The van der Waals surface area contributed by atoms with E-state index in [-0.39, 0.29) is 28.9 Å². The number of nitro groups is 1. The highest BCUT2D eigenvalue weighted by molar-refractivity contribution is 6.00. The van der Waals surface area contributed by atoms with Crippen LogP contribution < -0.4 is 19.5 Å². The van der Waals surface area contributed by atoms with E-state index in [1.165, 1.54) is 33.0 Å². The topological polar surface area (TPSA) is 103 Å². The fourth-order valence-corrected chi connectivity index (χ4v) is 3.69. The van der Waals surface area contributed by atoms with Gasteiger partial charge in [0.1, 0.15) is 5.56 Å². The third kappa shape index (κ3) is 4.46. The van der Waals surface area contributed by atoms with Crippen molar-refractivity contribution >= 4 is 11.6 Å². The molecule has 0 unspecified atom stereocenters. The Balaban J connectivity index is 1.79. The van der Waals surface area contributed by atoms with Crippen molar-refractivity contribution in [3.8, 4) is 17.2 Å². The van der Waals surface area contributed by atoms with Crippen LogP contribution in [0.3, 0.4) is 0 Å². The molecular formula is C21H25N3O6. The van der Waals surface area contributed by atoms with Crippen molar-refractivity contribution in [3.05, 3.63) is 57.6 Å². The zero-order valence-electron chi connectivity index (χ0n) is 17.2. The van der Waals surface area contributed by atoms with Crippen molar-refractivity contribution in [2.45, 2.75) is 19.0 Å². The van der Waals surface area contributed by atoms with E-state index >= 15 is 0 Å². The summed E-state index contributed by atoms with van der Waals surface area (Å²) in [5.41, 5.74) is 0.618. The van der Waals surface area contributed by atoms with Crippen LogP contribution >= 0.6 is 0 Å². The van der Waals surface area contributed by atoms with Gasteiger partial charge in [-0.05, 0) is 12.0 Å². The minimum atomic E-state index is -0.647. The van der Waals surface area contributed by atoms with E-state index in [1.807, 2.05) is 18.2 Å². The van der Waals surface area contributed by atoms with Crippen LogP contribution in [0.5, 0.6) is 17.2 Å². The average molecular weight is 415 g/mol. The maximum Gasteiger partial charge on any atom is 0.327 e. The molecule has 0 aliphatic carbocycles. The number of hydrogen-bond donors (Lipinski definition) is 1. The lowest BCUT2D eigenvalue weighted by molar-refractivity contribution is -0.386. The Morgan fingerprint density at radius 3 is 2.47 bits per heavy atom. The predicted molar refractivity (Wildman–Crippen MR) is 110 cm³/mol. The molecule has 1 aliphatic heterocycles. The summed E-state index contributed by atoms with van der Waals surface area (Å²) in [7, 11) is 4.03. The third-order valence-electron chi connectivity index (χ3n) is 5.09. The first-order valence-electron chi connectivity index (χ1n) is 9.53. The molecule has 160 valence electrons. The minimum absolute atomic E-state index is 0.0677. The molecular weight excluding hydrogens is 390 g/mol. The Bertz CT molecular complexity index is 919. The quantitative estimate of drug-likeness (QED) is 0.522. The highest BCUT2D eigenvalue weighted by Gasteiger charge is 2.34. The Morgan fingerprint density at radius 2 is 1.87 bits per heavy atom. The molecule has 1 atom stereocenters. The number of nitro benzene ring substituents is 1. The zero-order chi connectivity index (χ0) is 21.7. The van der Waals surface area contributed by atoms with Crippen LogP contribution in [0.2, 0.25) is 0 Å². The number of hydrogen-bond acceptors (Lipinski definition) is 7. The van der Waals surface area contributed by atoms with Gasteiger partial charge in [0.15, 0.2) is 5.75 Å². The van der Waals surface area contributed by atoms with Crippen LogP contribution in [-0.2, 0) is 6.54 Å². The average Bonchev–Trinajstić information content (AvgIpc) is 3.18. The first-order chi connectivity index (χ1) is 14.5. The maximum atomic E-state index is 12.9. The lowest BCUT2D eigenvalue weighted by Crippen LogP contribution is -2.37. The van der Waals surface area contributed by atoms with Gasteiger partial charge in [-0.25, -0.2) is 0 Å². The monoisotopic (exact) mass is 415 g/mol. The summed E-state index contributed by atoms with van der Waals surface area (Å²) < 4.78 is 15.6. The number of carbonyl (C=O) groups excluding carboxylic acids is 1. The Hall–Kier alpha value is -3.33. The van der Waals surface area contributed by atoms with Crippen LogP contribution in [0.1, 0.15) is 22.3 Å². The number of ether oxygens (including phenoxy) is 3.